The minimum Gasteiger partial charge on any atom is -0.440 e. The van der Waals surface area contributed by atoms with Gasteiger partial charge in [-0.05, 0) is 44.9 Å². The topological polar surface area (TPSA) is 60.5 Å². The minimum atomic E-state index is -4.57. The highest BCUT2D eigenvalue weighted by atomic mass is 19.4. The van der Waals surface area contributed by atoms with Crippen molar-refractivity contribution in [1.82, 2.24) is 4.98 Å². The third kappa shape index (κ3) is 4.40. The Morgan fingerprint density at radius 3 is 2.67 bits per heavy atom. The normalized spacial score (nSPS) is 22.2. The molecule has 0 radical (unpaired) electrons. The summed E-state index contributed by atoms with van der Waals surface area (Å²) in [4.78, 5) is 16.6. The van der Waals surface area contributed by atoms with E-state index in [4.69, 9.17) is 9.47 Å². The highest BCUT2D eigenvalue weighted by Crippen LogP contribution is 2.37. The molecule has 2 atom stereocenters. The van der Waals surface area contributed by atoms with Crippen molar-refractivity contribution in [3.8, 4) is 0 Å². The molecule has 1 aliphatic heterocycles. The average molecular weight is 426 g/mol. The average Bonchev–Trinajstić information content (AvgIpc) is 3.04. The van der Waals surface area contributed by atoms with Crippen LogP contribution < -0.4 is 5.32 Å². The van der Waals surface area contributed by atoms with Gasteiger partial charge in [0.05, 0.1) is 17.6 Å². The Labute approximate surface area is 171 Å². The Hall–Kier alpha value is -2.68. The number of amides is 1. The van der Waals surface area contributed by atoms with Crippen molar-refractivity contribution in [2.24, 2.45) is 0 Å². The van der Waals surface area contributed by atoms with Crippen LogP contribution in [0.1, 0.15) is 45.4 Å². The van der Waals surface area contributed by atoms with Crippen molar-refractivity contribution < 1.29 is 31.8 Å². The van der Waals surface area contributed by atoms with Crippen LogP contribution in [0.4, 0.5) is 23.2 Å². The second kappa shape index (κ2) is 8.22. The summed E-state index contributed by atoms with van der Waals surface area (Å²) >= 11 is 0. The minimum absolute atomic E-state index is 0.337. The van der Waals surface area contributed by atoms with Gasteiger partial charge in [0.15, 0.2) is 0 Å². The monoisotopic (exact) mass is 426 g/mol. The van der Waals surface area contributed by atoms with E-state index < -0.39 is 35.9 Å². The Balaban J connectivity index is 1.88. The molecule has 0 spiro atoms. The maximum atomic E-state index is 13.3. The maximum Gasteiger partial charge on any atom is 0.412 e. The molecule has 1 aliphatic carbocycles. The summed E-state index contributed by atoms with van der Waals surface area (Å²) in [5.41, 5.74) is 1.98. The van der Waals surface area contributed by atoms with E-state index in [2.05, 4.69) is 10.3 Å². The van der Waals surface area contributed by atoms with Gasteiger partial charge in [0.2, 0.25) is 0 Å². The Kier molecular flexibility index (Phi) is 6.03. The molecule has 162 valence electrons. The van der Waals surface area contributed by atoms with Crippen LogP contribution in [0.3, 0.4) is 0 Å². The molecule has 2 aliphatic rings. The first-order valence-electron chi connectivity index (χ1n) is 9.44. The fourth-order valence-electron chi connectivity index (χ4n) is 3.28. The van der Waals surface area contributed by atoms with E-state index in [0.717, 1.165) is 25.0 Å². The van der Waals surface area contributed by atoms with Gasteiger partial charge in [-0.1, -0.05) is 12.5 Å². The SMILES string of the molecule is CCc1cc(C2=C(C)CC3OC(F)OC3=C2)ncc1NC(=O)C(C)=C(C)C(F)(F)F. The molecule has 2 unspecified atom stereocenters. The Morgan fingerprint density at radius 2 is 2.03 bits per heavy atom. The first-order valence-corrected chi connectivity index (χ1v) is 9.44. The van der Waals surface area contributed by atoms with Crippen molar-refractivity contribution in [3.05, 3.63) is 52.1 Å². The molecule has 1 saturated heterocycles. The Bertz CT molecular complexity index is 963. The molecule has 30 heavy (non-hydrogen) atoms. The summed E-state index contributed by atoms with van der Waals surface area (Å²) in [6, 6.07) is 1.75. The maximum absolute atomic E-state index is 13.3. The molecular formula is C21H22F4N2O3. The number of ether oxygens (including phenoxy) is 2. The first-order chi connectivity index (χ1) is 14.0. The lowest BCUT2D eigenvalue weighted by Crippen LogP contribution is -2.20. The molecule has 0 aromatic carbocycles. The van der Waals surface area contributed by atoms with Gasteiger partial charge in [0, 0.05) is 23.1 Å². The van der Waals surface area contributed by atoms with Gasteiger partial charge in [0.25, 0.3) is 5.91 Å². The van der Waals surface area contributed by atoms with Crippen molar-refractivity contribution in [2.45, 2.75) is 59.4 Å². The number of aromatic nitrogens is 1. The van der Waals surface area contributed by atoms with Gasteiger partial charge in [0.1, 0.15) is 11.9 Å². The molecule has 3 rings (SSSR count). The number of pyridine rings is 1. The fourth-order valence-corrected chi connectivity index (χ4v) is 3.28. The Morgan fingerprint density at radius 1 is 1.33 bits per heavy atom. The zero-order chi connectivity index (χ0) is 22.2. The van der Waals surface area contributed by atoms with Gasteiger partial charge < -0.3 is 14.8 Å². The summed E-state index contributed by atoms with van der Waals surface area (Å²) in [6.07, 6.45) is -0.953. The number of carbonyl (C=O) groups is 1. The van der Waals surface area contributed by atoms with Gasteiger partial charge in [-0.15, -0.1) is 0 Å². The van der Waals surface area contributed by atoms with Crippen LogP contribution >= 0.6 is 0 Å². The molecule has 1 amide bonds. The van der Waals surface area contributed by atoms with Crippen molar-refractivity contribution >= 4 is 17.2 Å². The van der Waals surface area contributed by atoms with Crippen molar-refractivity contribution in [1.29, 1.82) is 0 Å². The van der Waals surface area contributed by atoms with Crippen LogP contribution in [0, 0.1) is 0 Å². The zero-order valence-corrected chi connectivity index (χ0v) is 17.0. The lowest BCUT2D eigenvalue weighted by molar-refractivity contribution is -0.144. The van der Waals surface area contributed by atoms with Crippen molar-refractivity contribution in [2.75, 3.05) is 5.32 Å². The number of halogens is 4. The van der Waals surface area contributed by atoms with Gasteiger partial charge in [-0.2, -0.15) is 17.6 Å². The zero-order valence-electron chi connectivity index (χ0n) is 17.0. The number of alkyl halides is 4. The summed E-state index contributed by atoms with van der Waals surface area (Å²) in [6.45, 7) is 3.95. The van der Waals surface area contributed by atoms with Crippen LogP contribution in [0.25, 0.3) is 5.57 Å². The molecule has 1 aromatic rings. The molecule has 0 saturated carbocycles. The molecule has 5 nitrogen and oxygen atoms in total. The third-order valence-electron chi connectivity index (χ3n) is 5.28. The van der Waals surface area contributed by atoms with Gasteiger partial charge >= 0.3 is 12.7 Å². The summed E-state index contributed by atoms with van der Waals surface area (Å²) in [5.74, 6) is -0.443. The molecule has 2 heterocycles. The molecular weight excluding hydrogens is 404 g/mol. The van der Waals surface area contributed by atoms with E-state index in [9.17, 15) is 22.4 Å². The predicted molar refractivity (Wildman–Crippen MR) is 103 cm³/mol. The number of allylic oxidation sites excluding steroid dienone is 3. The van der Waals surface area contributed by atoms with Gasteiger partial charge in [-0.25, -0.2) is 0 Å². The number of carbonyl (C=O) groups excluding carboxylic acids is 1. The predicted octanol–water partition coefficient (Wildman–Crippen LogP) is 5.21. The number of nitrogens with one attached hydrogen (secondary N) is 1. The number of hydrogen-bond donors (Lipinski definition) is 1. The van der Waals surface area contributed by atoms with Crippen LogP contribution in [0.15, 0.2) is 40.8 Å². The van der Waals surface area contributed by atoms with Crippen LogP contribution in [-0.2, 0) is 20.7 Å². The van der Waals surface area contributed by atoms with Crippen molar-refractivity contribution in [3.63, 3.8) is 0 Å². The lowest BCUT2D eigenvalue weighted by atomic mass is 9.92. The fraction of sp³-hybridized carbons (Fsp3) is 0.429. The molecule has 1 fully saturated rings. The van der Waals surface area contributed by atoms with E-state index in [-0.39, 0.29) is 0 Å². The lowest BCUT2D eigenvalue weighted by Gasteiger charge is -2.19. The molecule has 1 aromatic heterocycles. The van der Waals surface area contributed by atoms with E-state index in [0.29, 0.717) is 35.5 Å². The standard InChI is InChI=1S/C21H22F4N2O3/c1-5-13-7-15(14-8-18-17(6-10(14)2)29-20(22)30-18)26-9-16(13)27-19(28)11(3)12(4)21(23,24)25/h7-9,17,20H,5-6H2,1-4H3,(H,27,28). The second-order valence-electron chi connectivity index (χ2n) is 7.24. The largest absolute Gasteiger partial charge is 0.440 e. The highest BCUT2D eigenvalue weighted by Gasteiger charge is 2.35. The van der Waals surface area contributed by atoms with Crippen LogP contribution in [0.5, 0.6) is 0 Å². The highest BCUT2D eigenvalue weighted by molar-refractivity contribution is 6.04. The van der Waals surface area contributed by atoms with E-state index >= 15 is 0 Å². The number of anilines is 1. The molecule has 9 heteroatoms. The third-order valence-corrected chi connectivity index (χ3v) is 5.28. The number of rotatable bonds is 4. The van der Waals surface area contributed by atoms with Gasteiger partial charge in [-0.3, -0.25) is 9.78 Å². The van der Waals surface area contributed by atoms with E-state index in [1.165, 1.54) is 6.20 Å². The molecule has 0 bridgehead atoms. The number of aryl methyl sites for hydroxylation is 1. The van der Waals surface area contributed by atoms with E-state index in [1.807, 2.05) is 13.8 Å². The van der Waals surface area contributed by atoms with Crippen LogP contribution in [-0.4, -0.2) is 29.7 Å². The summed E-state index contributed by atoms with van der Waals surface area (Å²) in [5, 5.41) is 2.51. The summed E-state index contributed by atoms with van der Waals surface area (Å²) < 4.78 is 62.0. The smallest absolute Gasteiger partial charge is 0.412 e. The van der Waals surface area contributed by atoms with Crippen LogP contribution in [0.2, 0.25) is 0 Å². The molecule has 1 N–H and O–H groups in total. The quantitative estimate of drug-likeness (QED) is 0.530. The number of nitrogens with zero attached hydrogens (tertiary/aromatic N) is 1. The first kappa shape index (κ1) is 22.0. The summed E-state index contributed by atoms with van der Waals surface area (Å²) in [7, 11) is 0. The number of hydrogen-bond acceptors (Lipinski definition) is 4. The van der Waals surface area contributed by atoms with E-state index in [1.54, 1.807) is 12.1 Å². The second-order valence-corrected chi connectivity index (χ2v) is 7.24. The number of fused-ring (bicyclic) bond motifs is 1.